The van der Waals surface area contributed by atoms with Gasteiger partial charge < -0.3 is 9.84 Å². The number of hydrogen-bond donors (Lipinski definition) is 1. The summed E-state index contributed by atoms with van der Waals surface area (Å²) in [4.78, 5) is 16.9. The van der Waals surface area contributed by atoms with Crippen molar-refractivity contribution in [3.05, 3.63) is 77.2 Å². The molecule has 0 fully saturated rings. The van der Waals surface area contributed by atoms with E-state index in [1.807, 2.05) is 23.6 Å². The molecule has 4 rings (SSSR count). The molecule has 4 aromatic rings. The average Bonchev–Trinajstić information content (AvgIpc) is 3.32. The second-order valence-corrected chi connectivity index (χ2v) is 6.70. The van der Waals surface area contributed by atoms with Gasteiger partial charge >= 0.3 is 0 Å². The number of hydrogen-bond acceptors (Lipinski definition) is 5. The van der Waals surface area contributed by atoms with E-state index in [1.54, 1.807) is 37.3 Å². The van der Waals surface area contributed by atoms with Crippen LogP contribution in [-0.4, -0.2) is 16.0 Å². The lowest BCUT2D eigenvalue weighted by Crippen LogP contribution is -2.12. The third-order valence-corrected chi connectivity index (χ3v) is 4.80. The van der Waals surface area contributed by atoms with Crippen LogP contribution in [0.25, 0.3) is 21.8 Å². The number of amides is 1. The molecule has 0 radical (unpaired) electrons. The molecule has 5 nitrogen and oxygen atoms in total. The third kappa shape index (κ3) is 3.50. The van der Waals surface area contributed by atoms with E-state index in [0.717, 1.165) is 5.56 Å². The second-order valence-electron chi connectivity index (χ2n) is 5.84. The molecule has 1 N–H and O–H groups in total. The molecule has 0 aliphatic heterocycles. The van der Waals surface area contributed by atoms with Gasteiger partial charge in [-0.2, -0.15) is 0 Å². The molecule has 0 unspecified atom stereocenters. The van der Waals surface area contributed by atoms with Gasteiger partial charge in [-0.15, -0.1) is 11.3 Å². The molecule has 2 heterocycles. The van der Waals surface area contributed by atoms with E-state index >= 15 is 0 Å². The Balaban J connectivity index is 1.66. The molecule has 0 aliphatic carbocycles. The molecular formula is C20H14FN3O2S. The Labute approximate surface area is 158 Å². The highest BCUT2D eigenvalue weighted by Gasteiger charge is 2.16. The fourth-order valence-electron chi connectivity index (χ4n) is 2.63. The summed E-state index contributed by atoms with van der Waals surface area (Å²) in [6, 6.07) is 15.4. The van der Waals surface area contributed by atoms with Crippen molar-refractivity contribution >= 4 is 22.9 Å². The van der Waals surface area contributed by atoms with Crippen molar-refractivity contribution < 1.29 is 13.7 Å². The number of nitrogens with one attached hydrogen (secondary N) is 1. The van der Waals surface area contributed by atoms with Gasteiger partial charge in [-0.25, -0.2) is 9.37 Å². The maximum atomic E-state index is 14.0. The van der Waals surface area contributed by atoms with Crippen molar-refractivity contribution in [2.24, 2.45) is 0 Å². The van der Waals surface area contributed by atoms with Gasteiger partial charge in [0.25, 0.3) is 5.91 Å². The number of anilines is 1. The number of rotatable bonds is 4. The highest BCUT2D eigenvalue weighted by atomic mass is 32.1. The van der Waals surface area contributed by atoms with Gasteiger partial charge in [0.15, 0.2) is 5.69 Å². The van der Waals surface area contributed by atoms with Gasteiger partial charge in [-0.05, 0) is 25.1 Å². The Hall–Kier alpha value is -3.32. The molecule has 2 aromatic carbocycles. The van der Waals surface area contributed by atoms with Crippen LogP contribution in [-0.2, 0) is 0 Å². The first-order chi connectivity index (χ1) is 13.1. The second kappa shape index (κ2) is 7.13. The number of benzene rings is 2. The van der Waals surface area contributed by atoms with Crippen molar-refractivity contribution in [3.8, 4) is 21.8 Å². The molecule has 1 amide bonds. The predicted octanol–water partition coefficient (Wildman–Crippen LogP) is 5.16. The van der Waals surface area contributed by atoms with Gasteiger partial charge in [0.1, 0.15) is 16.6 Å². The number of carbonyl (C=O) groups is 1. The van der Waals surface area contributed by atoms with Gasteiger partial charge in [0.05, 0.1) is 11.4 Å². The fraction of sp³-hybridized carbons (Fsp3) is 0.0500. The third-order valence-electron chi connectivity index (χ3n) is 3.92. The topological polar surface area (TPSA) is 68.0 Å². The van der Waals surface area contributed by atoms with E-state index < -0.39 is 0 Å². The van der Waals surface area contributed by atoms with Crippen molar-refractivity contribution in [1.29, 1.82) is 0 Å². The van der Waals surface area contributed by atoms with Crippen molar-refractivity contribution in [3.63, 3.8) is 0 Å². The lowest BCUT2D eigenvalue weighted by molar-refractivity contribution is 0.101. The molecule has 27 heavy (non-hydrogen) atoms. The summed E-state index contributed by atoms with van der Waals surface area (Å²) < 4.78 is 19.0. The van der Waals surface area contributed by atoms with Crippen LogP contribution in [0.4, 0.5) is 10.1 Å². The molecule has 0 saturated carbocycles. The van der Waals surface area contributed by atoms with Crippen LogP contribution in [0.15, 0.2) is 64.5 Å². The van der Waals surface area contributed by atoms with Crippen LogP contribution in [0, 0.1) is 12.7 Å². The minimum atomic E-state index is -0.371. The van der Waals surface area contributed by atoms with E-state index in [9.17, 15) is 9.18 Å². The zero-order valence-corrected chi connectivity index (χ0v) is 15.1. The summed E-state index contributed by atoms with van der Waals surface area (Å²) in [5.74, 6) is -0.132. The highest BCUT2D eigenvalue weighted by Crippen LogP contribution is 2.33. The number of thiazole rings is 1. The number of aryl methyl sites for hydroxylation is 1. The maximum absolute atomic E-state index is 14.0. The van der Waals surface area contributed by atoms with Crippen LogP contribution in [0.3, 0.4) is 0 Å². The lowest BCUT2D eigenvalue weighted by atomic mass is 10.1. The summed E-state index contributed by atoms with van der Waals surface area (Å²) >= 11 is 1.35. The van der Waals surface area contributed by atoms with E-state index in [1.165, 1.54) is 17.4 Å². The standard InChI is InChI=1S/C20H14FN3O2S/c1-12-10-17(24-26-12)19(25)22-16-9-5-3-7-14(16)18-11-27-20(23-18)13-6-2-4-8-15(13)21/h2-11H,1H3,(H,22,25). The minimum absolute atomic E-state index is 0.202. The van der Waals surface area contributed by atoms with Gasteiger partial charge in [-0.1, -0.05) is 35.5 Å². The number of nitrogens with zero attached hydrogens (tertiary/aromatic N) is 2. The molecule has 0 atom stereocenters. The molecule has 2 aromatic heterocycles. The Morgan fingerprint density at radius 3 is 2.59 bits per heavy atom. The number of halogens is 1. The van der Waals surface area contributed by atoms with Gasteiger partial charge in [-0.3, -0.25) is 4.79 Å². The molecule has 134 valence electrons. The number of para-hydroxylation sites is 1. The molecule has 0 spiro atoms. The van der Waals surface area contributed by atoms with E-state index in [4.69, 9.17) is 4.52 Å². The van der Waals surface area contributed by atoms with Crippen LogP contribution in [0.1, 0.15) is 16.2 Å². The molecule has 7 heteroatoms. The average molecular weight is 379 g/mol. The minimum Gasteiger partial charge on any atom is -0.361 e. The summed E-state index contributed by atoms with van der Waals surface area (Å²) in [6.45, 7) is 1.72. The van der Waals surface area contributed by atoms with Crippen LogP contribution >= 0.6 is 11.3 Å². The SMILES string of the molecule is Cc1cc(C(=O)Nc2ccccc2-c2csc(-c3ccccc3F)n2)no1. The first kappa shape index (κ1) is 17.1. The molecule has 0 aliphatic rings. The predicted molar refractivity (Wildman–Crippen MR) is 102 cm³/mol. The fourth-order valence-corrected chi connectivity index (χ4v) is 3.48. The molecule has 0 bridgehead atoms. The smallest absolute Gasteiger partial charge is 0.277 e. The Bertz CT molecular complexity index is 1120. The highest BCUT2D eigenvalue weighted by molar-refractivity contribution is 7.13. The maximum Gasteiger partial charge on any atom is 0.277 e. The van der Waals surface area contributed by atoms with Crippen molar-refractivity contribution in [1.82, 2.24) is 10.1 Å². The normalized spacial score (nSPS) is 10.7. The van der Waals surface area contributed by atoms with Crippen LogP contribution in [0.5, 0.6) is 0 Å². The summed E-state index contributed by atoms with van der Waals surface area (Å²) in [5.41, 5.74) is 2.64. The first-order valence-electron chi connectivity index (χ1n) is 8.16. The van der Waals surface area contributed by atoms with E-state index in [-0.39, 0.29) is 17.4 Å². The van der Waals surface area contributed by atoms with Crippen LogP contribution in [0.2, 0.25) is 0 Å². The number of aromatic nitrogens is 2. The summed E-state index contributed by atoms with van der Waals surface area (Å²) in [7, 11) is 0. The number of carbonyl (C=O) groups excluding carboxylic acids is 1. The Morgan fingerprint density at radius 1 is 1.11 bits per heavy atom. The first-order valence-corrected chi connectivity index (χ1v) is 9.04. The quantitative estimate of drug-likeness (QED) is 0.531. The van der Waals surface area contributed by atoms with Gasteiger partial charge in [0.2, 0.25) is 0 Å². The van der Waals surface area contributed by atoms with Crippen molar-refractivity contribution in [2.45, 2.75) is 6.92 Å². The lowest BCUT2D eigenvalue weighted by Gasteiger charge is -2.08. The summed E-state index contributed by atoms with van der Waals surface area (Å²) in [5, 5.41) is 8.97. The van der Waals surface area contributed by atoms with E-state index in [2.05, 4.69) is 15.5 Å². The molecule has 0 saturated heterocycles. The summed E-state index contributed by atoms with van der Waals surface area (Å²) in [6.07, 6.45) is 0. The zero-order valence-electron chi connectivity index (χ0n) is 14.3. The molecular weight excluding hydrogens is 365 g/mol. The van der Waals surface area contributed by atoms with Crippen LogP contribution < -0.4 is 5.32 Å². The monoisotopic (exact) mass is 379 g/mol. The van der Waals surface area contributed by atoms with Gasteiger partial charge in [0, 0.05) is 22.6 Å². The Kier molecular flexibility index (Phi) is 4.52. The zero-order chi connectivity index (χ0) is 18.8. The van der Waals surface area contributed by atoms with Crippen molar-refractivity contribution in [2.75, 3.05) is 5.32 Å². The largest absolute Gasteiger partial charge is 0.361 e. The Morgan fingerprint density at radius 2 is 1.85 bits per heavy atom. The van der Waals surface area contributed by atoms with E-state index in [0.29, 0.717) is 27.7 Å².